The molecule has 0 radical (unpaired) electrons. The van der Waals surface area contributed by atoms with E-state index < -0.39 is 6.10 Å². The van der Waals surface area contributed by atoms with Crippen molar-refractivity contribution in [3.63, 3.8) is 0 Å². The maximum absolute atomic E-state index is 12.9. The van der Waals surface area contributed by atoms with Crippen LogP contribution in [0.4, 0.5) is 0 Å². The number of benzene rings is 2. The minimum Gasteiger partial charge on any atom is -0.481 e. The second-order valence-corrected chi connectivity index (χ2v) is 6.88. The zero-order valence-corrected chi connectivity index (χ0v) is 15.2. The van der Waals surface area contributed by atoms with E-state index in [1.807, 2.05) is 59.8 Å². The number of nitrogens with zero attached hydrogens (tertiary/aromatic N) is 3. The standard InChI is InChI=1S/C21H23N3O2/c1-15-12-19-14-23(10-5-11-24(19)22-15)21(25)16(2)26-20-9-8-17-6-3-4-7-18(17)13-20/h3-4,6-9,12-13,16H,5,10-11,14H2,1-2H3. The fourth-order valence-electron chi connectivity index (χ4n) is 3.55. The average molecular weight is 349 g/mol. The Labute approximate surface area is 153 Å². The van der Waals surface area contributed by atoms with E-state index in [2.05, 4.69) is 17.2 Å². The Morgan fingerprint density at radius 1 is 1.12 bits per heavy atom. The van der Waals surface area contributed by atoms with E-state index in [0.717, 1.165) is 47.4 Å². The van der Waals surface area contributed by atoms with Gasteiger partial charge < -0.3 is 9.64 Å². The molecule has 1 atom stereocenters. The molecule has 5 nitrogen and oxygen atoms in total. The summed E-state index contributed by atoms with van der Waals surface area (Å²) in [6.45, 7) is 5.98. The summed E-state index contributed by atoms with van der Waals surface area (Å²) in [4.78, 5) is 14.8. The lowest BCUT2D eigenvalue weighted by atomic mass is 10.1. The van der Waals surface area contributed by atoms with Gasteiger partial charge in [0, 0.05) is 13.1 Å². The smallest absolute Gasteiger partial charge is 0.263 e. The van der Waals surface area contributed by atoms with Crippen LogP contribution < -0.4 is 4.74 Å². The number of carbonyl (C=O) groups excluding carboxylic acids is 1. The van der Waals surface area contributed by atoms with E-state index in [-0.39, 0.29) is 5.91 Å². The van der Waals surface area contributed by atoms with Crippen molar-refractivity contribution in [2.75, 3.05) is 6.54 Å². The van der Waals surface area contributed by atoms with Crippen molar-refractivity contribution in [1.82, 2.24) is 14.7 Å². The molecule has 5 heteroatoms. The summed E-state index contributed by atoms with van der Waals surface area (Å²) < 4.78 is 7.97. The van der Waals surface area contributed by atoms with Gasteiger partial charge in [0.1, 0.15) is 5.75 Å². The van der Waals surface area contributed by atoms with Gasteiger partial charge in [0.25, 0.3) is 5.91 Å². The van der Waals surface area contributed by atoms with Crippen LogP contribution in [-0.2, 0) is 17.9 Å². The molecule has 1 unspecified atom stereocenters. The zero-order chi connectivity index (χ0) is 18.1. The van der Waals surface area contributed by atoms with Gasteiger partial charge in [-0.15, -0.1) is 0 Å². The third kappa shape index (κ3) is 3.29. The highest BCUT2D eigenvalue weighted by atomic mass is 16.5. The van der Waals surface area contributed by atoms with Gasteiger partial charge in [0.15, 0.2) is 6.10 Å². The first-order valence-electron chi connectivity index (χ1n) is 9.08. The minimum absolute atomic E-state index is 0.0189. The van der Waals surface area contributed by atoms with E-state index in [0.29, 0.717) is 6.54 Å². The largest absolute Gasteiger partial charge is 0.481 e. The number of hydrogen-bond acceptors (Lipinski definition) is 3. The molecule has 0 spiro atoms. The normalized spacial score (nSPS) is 15.4. The van der Waals surface area contributed by atoms with Gasteiger partial charge in [-0.1, -0.05) is 30.3 Å². The number of carbonyl (C=O) groups is 1. The Morgan fingerprint density at radius 2 is 1.92 bits per heavy atom. The summed E-state index contributed by atoms with van der Waals surface area (Å²) in [5.74, 6) is 0.741. The second kappa shape index (κ2) is 6.83. The first kappa shape index (κ1) is 16.6. The van der Waals surface area contributed by atoms with Crippen LogP contribution in [0.15, 0.2) is 48.5 Å². The van der Waals surface area contributed by atoms with Gasteiger partial charge in [0.2, 0.25) is 0 Å². The predicted octanol–water partition coefficient (Wildman–Crippen LogP) is 3.54. The van der Waals surface area contributed by atoms with Crippen molar-refractivity contribution in [2.24, 2.45) is 0 Å². The zero-order valence-electron chi connectivity index (χ0n) is 15.2. The number of rotatable bonds is 3. The number of aromatic nitrogens is 2. The molecule has 0 bridgehead atoms. The minimum atomic E-state index is -0.522. The van der Waals surface area contributed by atoms with Crippen molar-refractivity contribution in [1.29, 1.82) is 0 Å². The first-order valence-corrected chi connectivity index (χ1v) is 9.08. The predicted molar refractivity (Wildman–Crippen MR) is 101 cm³/mol. The lowest BCUT2D eigenvalue weighted by molar-refractivity contribution is -0.138. The summed E-state index contributed by atoms with van der Waals surface area (Å²) in [6, 6.07) is 16.1. The molecule has 1 aliphatic rings. The number of aryl methyl sites for hydroxylation is 2. The number of fused-ring (bicyclic) bond motifs is 2. The maximum atomic E-state index is 12.9. The molecule has 26 heavy (non-hydrogen) atoms. The van der Waals surface area contributed by atoms with E-state index in [4.69, 9.17) is 4.74 Å². The van der Waals surface area contributed by atoms with E-state index >= 15 is 0 Å². The van der Waals surface area contributed by atoms with Crippen LogP contribution in [-0.4, -0.2) is 33.2 Å². The van der Waals surface area contributed by atoms with Crippen molar-refractivity contribution in [2.45, 2.75) is 39.5 Å². The fraction of sp³-hybridized carbons (Fsp3) is 0.333. The molecule has 0 N–H and O–H groups in total. The molecule has 1 aliphatic heterocycles. The molecule has 4 rings (SSSR count). The van der Waals surface area contributed by atoms with Gasteiger partial charge in [-0.25, -0.2) is 0 Å². The SMILES string of the molecule is Cc1cc2n(n1)CCCN(C(=O)C(C)Oc1ccc3ccccc3c1)C2. The quantitative estimate of drug-likeness (QED) is 0.726. The van der Waals surface area contributed by atoms with Gasteiger partial charge in [-0.3, -0.25) is 9.48 Å². The van der Waals surface area contributed by atoms with Gasteiger partial charge in [-0.2, -0.15) is 5.10 Å². The van der Waals surface area contributed by atoms with Crippen LogP contribution in [0.25, 0.3) is 10.8 Å². The van der Waals surface area contributed by atoms with E-state index in [9.17, 15) is 4.79 Å². The van der Waals surface area contributed by atoms with Crippen LogP contribution in [0.2, 0.25) is 0 Å². The summed E-state index contributed by atoms with van der Waals surface area (Å²) >= 11 is 0. The van der Waals surface area contributed by atoms with E-state index in [1.54, 1.807) is 0 Å². The number of ether oxygens (including phenoxy) is 1. The molecular formula is C21H23N3O2. The molecule has 0 aliphatic carbocycles. The monoisotopic (exact) mass is 349 g/mol. The molecule has 0 saturated heterocycles. The fourth-order valence-corrected chi connectivity index (χ4v) is 3.55. The Bertz CT molecular complexity index is 947. The topological polar surface area (TPSA) is 47.4 Å². The highest BCUT2D eigenvalue weighted by Crippen LogP contribution is 2.22. The van der Waals surface area contributed by atoms with E-state index in [1.165, 1.54) is 0 Å². The van der Waals surface area contributed by atoms with Gasteiger partial charge >= 0.3 is 0 Å². The molecule has 2 aromatic carbocycles. The Balaban J connectivity index is 1.48. The van der Waals surface area contributed by atoms with Crippen LogP contribution in [0, 0.1) is 6.92 Å². The Kier molecular flexibility index (Phi) is 4.37. The van der Waals surface area contributed by atoms with Gasteiger partial charge in [0.05, 0.1) is 17.9 Å². The summed E-state index contributed by atoms with van der Waals surface area (Å²) in [6.07, 6.45) is 0.384. The number of amides is 1. The Morgan fingerprint density at radius 3 is 2.77 bits per heavy atom. The molecule has 0 saturated carbocycles. The van der Waals surface area contributed by atoms with Crippen molar-refractivity contribution in [3.8, 4) is 5.75 Å². The summed E-state index contributed by atoms with van der Waals surface area (Å²) in [5.41, 5.74) is 2.08. The van der Waals surface area contributed by atoms with Crippen molar-refractivity contribution >= 4 is 16.7 Å². The third-order valence-electron chi connectivity index (χ3n) is 4.83. The average Bonchev–Trinajstić information content (AvgIpc) is 2.87. The molecule has 0 fully saturated rings. The molecule has 134 valence electrons. The van der Waals surface area contributed by atoms with Crippen molar-refractivity contribution in [3.05, 3.63) is 59.9 Å². The molecular weight excluding hydrogens is 326 g/mol. The number of hydrogen-bond donors (Lipinski definition) is 0. The first-order chi connectivity index (χ1) is 12.6. The Hall–Kier alpha value is -2.82. The highest BCUT2D eigenvalue weighted by molar-refractivity contribution is 5.84. The van der Waals surface area contributed by atoms with Crippen LogP contribution in [0.1, 0.15) is 24.7 Å². The molecule has 1 aromatic heterocycles. The van der Waals surface area contributed by atoms with Gasteiger partial charge in [-0.05, 0) is 49.2 Å². The summed E-state index contributed by atoms with van der Waals surface area (Å²) in [5, 5.41) is 6.77. The highest BCUT2D eigenvalue weighted by Gasteiger charge is 2.25. The van der Waals surface area contributed by atoms with Crippen LogP contribution in [0.5, 0.6) is 5.75 Å². The lowest BCUT2D eigenvalue weighted by Crippen LogP contribution is -2.40. The summed E-state index contributed by atoms with van der Waals surface area (Å²) in [7, 11) is 0. The third-order valence-corrected chi connectivity index (χ3v) is 4.83. The van der Waals surface area contributed by atoms with Crippen LogP contribution >= 0.6 is 0 Å². The molecule has 1 amide bonds. The lowest BCUT2D eigenvalue weighted by Gasteiger charge is -2.24. The van der Waals surface area contributed by atoms with Crippen molar-refractivity contribution < 1.29 is 9.53 Å². The van der Waals surface area contributed by atoms with Crippen LogP contribution in [0.3, 0.4) is 0 Å². The molecule has 3 aromatic rings. The maximum Gasteiger partial charge on any atom is 0.263 e. The molecule has 2 heterocycles. The second-order valence-electron chi connectivity index (χ2n) is 6.88.